The number of amides is 1. The first-order valence-electron chi connectivity index (χ1n) is 3.96. The van der Waals surface area contributed by atoms with Gasteiger partial charge in [0.05, 0.1) is 0 Å². The fraction of sp³-hybridized carbons (Fsp3) is 0.500. The van der Waals surface area contributed by atoms with Crippen LogP contribution >= 0.6 is 0 Å². The van der Waals surface area contributed by atoms with Crippen LogP contribution in [0.5, 0.6) is 0 Å². The van der Waals surface area contributed by atoms with Crippen LogP contribution in [0.25, 0.3) is 0 Å². The Morgan fingerprint density at radius 1 is 1.64 bits per heavy atom. The minimum atomic E-state index is -0.393. The van der Waals surface area contributed by atoms with E-state index < -0.39 is 6.04 Å². The summed E-state index contributed by atoms with van der Waals surface area (Å²) in [5.41, 5.74) is 2.88. The molecular formula is C8H12N2NaO3+. The maximum atomic E-state index is 11.0. The Kier molecular flexibility index (Phi) is 6.03. The topological polar surface area (TPSA) is 67.4 Å². The van der Waals surface area contributed by atoms with E-state index in [0.29, 0.717) is 5.70 Å². The van der Waals surface area contributed by atoms with Crippen molar-refractivity contribution in [3.8, 4) is 0 Å². The van der Waals surface area contributed by atoms with Crippen molar-refractivity contribution in [1.82, 2.24) is 10.8 Å². The van der Waals surface area contributed by atoms with Gasteiger partial charge in [0.2, 0.25) is 0 Å². The van der Waals surface area contributed by atoms with Crippen LogP contribution in [-0.2, 0) is 14.4 Å². The van der Waals surface area contributed by atoms with Crippen molar-refractivity contribution < 1.29 is 44.0 Å². The standard InChI is InChI=1S/C8H12N2O3.Na/c1-5(3-6(2)11)9-7-4-13-10-8(7)12;/h3,7,9H,4H2,1-2H3,(H,10,12);/q;+1/b5-3+;. The molecule has 2 N–H and O–H groups in total. The minimum absolute atomic E-state index is 0. The third-order valence-electron chi connectivity index (χ3n) is 1.56. The van der Waals surface area contributed by atoms with Gasteiger partial charge < -0.3 is 5.32 Å². The Morgan fingerprint density at radius 3 is 2.71 bits per heavy atom. The van der Waals surface area contributed by atoms with Gasteiger partial charge in [0, 0.05) is 5.70 Å². The summed E-state index contributed by atoms with van der Waals surface area (Å²) in [5, 5.41) is 2.86. The molecule has 72 valence electrons. The summed E-state index contributed by atoms with van der Waals surface area (Å²) >= 11 is 0. The van der Waals surface area contributed by atoms with Crippen molar-refractivity contribution in [3.63, 3.8) is 0 Å². The summed E-state index contributed by atoms with van der Waals surface area (Å²) in [4.78, 5) is 26.3. The van der Waals surface area contributed by atoms with Crippen molar-refractivity contribution in [1.29, 1.82) is 0 Å². The van der Waals surface area contributed by atoms with Gasteiger partial charge in [-0.2, -0.15) is 0 Å². The molecular weight excluding hydrogens is 195 g/mol. The minimum Gasteiger partial charge on any atom is -0.375 e. The Balaban J connectivity index is 0.00000169. The van der Waals surface area contributed by atoms with E-state index in [1.54, 1.807) is 6.92 Å². The first kappa shape index (κ1) is 13.6. The van der Waals surface area contributed by atoms with Gasteiger partial charge in [-0.3, -0.25) is 14.4 Å². The predicted octanol–water partition coefficient (Wildman–Crippen LogP) is -3.50. The second kappa shape index (κ2) is 6.19. The molecule has 1 amide bonds. The van der Waals surface area contributed by atoms with E-state index in [9.17, 15) is 9.59 Å². The number of hydroxylamine groups is 1. The molecule has 0 aromatic rings. The number of ketones is 1. The number of carbonyl (C=O) groups is 2. The van der Waals surface area contributed by atoms with E-state index in [4.69, 9.17) is 4.84 Å². The summed E-state index contributed by atoms with van der Waals surface area (Å²) in [6.07, 6.45) is 1.44. The average Bonchev–Trinajstić information content (AvgIpc) is 2.34. The molecule has 6 heteroatoms. The van der Waals surface area contributed by atoms with Crippen LogP contribution in [0.4, 0.5) is 0 Å². The molecule has 1 fully saturated rings. The van der Waals surface area contributed by atoms with E-state index in [1.165, 1.54) is 13.0 Å². The normalized spacial score (nSPS) is 21.1. The zero-order valence-electron chi connectivity index (χ0n) is 8.59. The van der Waals surface area contributed by atoms with Crippen LogP contribution in [0, 0.1) is 0 Å². The number of hydrogen-bond acceptors (Lipinski definition) is 4. The molecule has 1 rings (SSSR count). The molecule has 1 heterocycles. The van der Waals surface area contributed by atoms with Crippen molar-refractivity contribution in [2.75, 3.05) is 6.61 Å². The largest absolute Gasteiger partial charge is 1.00 e. The van der Waals surface area contributed by atoms with Gasteiger partial charge in [-0.15, -0.1) is 0 Å². The van der Waals surface area contributed by atoms with Crippen LogP contribution in [0.3, 0.4) is 0 Å². The fourth-order valence-electron chi connectivity index (χ4n) is 1.07. The Hall–Kier alpha value is -0.360. The molecule has 0 aromatic carbocycles. The van der Waals surface area contributed by atoms with Gasteiger partial charge >= 0.3 is 29.6 Å². The molecule has 0 saturated carbocycles. The van der Waals surface area contributed by atoms with E-state index in [2.05, 4.69) is 10.8 Å². The van der Waals surface area contributed by atoms with Gasteiger partial charge in [0.15, 0.2) is 5.78 Å². The van der Waals surface area contributed by atoms with Crippen LogP contribution in [-0.4, -0.2) is 24.3 Å². The smallest absolute Gasteiger partial charge is 0.375 e. The maximum absolute atomic E-state index is 11.0. The number of rotatable bonds is 3. The van der Waals surface area contributed by atoms with Crippen molar-refractivity contribution >= 4 is 11.7 Å². The van der Waals surface area contributed by atoms with Gasteiger partial charge in [-0.25, -0.2) is 5.48 Å². The number of nitrogens with one attached hydrogen (secondary N) is 2. The second-order valence-corrected chi connectivity index (χ2v) is 2.91. The van der Waals surface area contributed by atoms with Gasteiger partial charge in [0.25, 0.3) is 5.91 Å². The van der Waals surface area contributed by atoms with Gasteiger partial charge in [-0.05, 0) is 19.9 Å². The Bertz CT molecular complexity index is 265. The number of hydrogen-bond donors (Lipinski definition) is 2. The molecule has 14 heavy (non-hydrogen) atoms. The Morgan fingerprint density at radius 2 is 2.29 bits per heavy atom. The molecule has 1 unspecified atom stereocenters. The zero-order chi connectivity index (χ0) is 9.84. The van der Waals surface area contributed by atoms with E-state index in [-0.39, 0.29) is 47.9 Å². The summed E-state index contributed by atoms with van der Waals surface area (Å²) in [5.74, 6) is -0.263. The van der Waals surface area contributed by atoms with Gasteiger partial charge in [0.1, 0.15) is 12.6 Å². The molecule has 5 nitrogen and oxygen atoms in total. The van der Waals surface area contributed by atoms with Crippen molar-refractivity contribution in [3.05, 3.63) is 11.8 Å². The molecule has 0 bridgehead atoms. The van der Waals surface area contributed by atoms with Crippen LogP contribution in [0.15, 0.2) is 11.8 Å². The third-order valence-corrected chi connectivity index (χ3v) is 1.56. The SMILES string of the molecule is CC(=O)/C=C(\C)NC1CONC1=O.[Na+]. The maximum Gasteiger partial charge on any atom is 1.00 e. The summed E-state index contributed by atoms with van der Waals surface area (Å²) < 4.78 is 0. The quantitative estimate of drug-likeness (QED) is 0.372. The first-order chi connectivity index (χ1) is 6.09. The zero-order valence-corrected chi connectivity index (χ0v) is 10.6. The molecule has 1 aliphatic heterocycles. The van der Waals surface area contributed by atoms with Gasteiger partial charge in [-0.1, -0.05) is 0 Å². The van der Waals surface area contributed by atoms with Crippen LogP contribution < -0.4 is 40.4 Å². The van der Waals surface area contributed by atoms with E-state index >= 15 is 0 Å². The van der Waals surface area contributed by atoms with E-state index in [0.717, 1.165) is 0 Å². The number of allylic oxidation sites excluding steroid dienone is 2. The molecule has 1 saturated heterocycles. The number of carbonyl (C=O) groups excluding carboxylic acids is 2. The summed E-state index contributed by atoms with van der Waals surface area (Å²) in [6.45, 7) is 3.46. The monoisotopic (exact) mass is 207 g/mol. The molecule has 0 spiro atoms. The van der Waals surface area contributed by atoms with Crippen molar-refractivity contribution in [2.45, 2.75) is 19.9 Å². The van der Waals surface area contributed by atoms with E-state index in [1.807, 2.05) is 0 Å². The van der Waals surface area contributed by atoms with Crippen molar-refractivity contribution in [2.24, 2.45) is 0 Å². The average molecular weight is 207 g/mol. The first-order valence-corrected chi connectivity index (χ1v) is 3.96. The Labute approximate surface area is 105 Å². The van der Waals surface area contributed by atoms with Crippen LogP contribution in [0.2, 0.25) is 0 Å². The second-order valence-electron chi connectivity index (χ2n) is 2.91. The summed E-state index contributed by atoms with van der Waals surface area (Å²) in [7, 11) is 0. The molecule has 0 aliphatic carbocycles. The fourth-order valence-corrected chi connectivity index (χ4v) is 1.07. The molecule has 0 aromatic heterocycles. The summed E-state index contributed by atoms with van der Waals surface area (Å²) in [6, 6.07) is -0.393. The molecule has 1 atom stereocenters. The molecule has 0 radical (unpaired) electrons. The molecule has 1 aliphatic rings. The predicted molar refractivity (Wildman–Crippen MR) is 45.5 cm³/mol. The third kappa shape index (κ3) is 4.23. The van der Waals surface area contributed by atoms with Crippen LogP contribution in [0.1, 0.15) is 13.8 Å².